The number of aromatic hydroxyl groups is 1. The molecule has 1 nitrogen and oxygen atoms in total. The third-order valence-electron chi connectivity index (χ3n) is 1.68. The molecule has 1 N–H and O–H groups in total. The highest BCUT2D eigenvalue weighted by molar-refractivity contribution is 6.74. The third kappa shape index (κ3) is 1.76. The smallest absolute Gasteiger partial charge is 0.511 e. The van der Waals surface area contributed by atoms with Crippen molar-refractivity contribution in [2.45, 2.75) is 6.92 Å². The molecule has 0 radical (unpaired) electrons. The lowest BCUT2D eigenvalue weighted by Crippen LogP contribution is -2.37. The van der Waals surface area contributed by atoms with E-state index in [1.165, 1.54) is 6.92 Å². The molecule has 0 spiro atoms. The summed E-state index contributed by atoms with van der Waals surface area (Å²) in [7, 11) is 0. The van der Waals surface area contributed by atoms with E-state index in [0.29, 0.717) is 0 Å². The maximum Gasteiger partial charge on any atom is 0.516 e. The molecule has 0 aromatic heterocycles. The molecule has 1 rings (SSSR count). The minimum atomic E-state index is -5.50. The number of hydrogen-bond donors (Lipinski definition) is 1. The van der Waals surface area contributed by atoms with Gasteiger partial charge < -0.3 is 18.1 Å². The van der Waals surface area contributed by atoms with Crippen LogP contribution in [-0.2, 0) is 0 Å². The quantitative estimate of drug-likeness (QED) is 0.533. The summed E-state index contributed by atoms with van der Waals surface area (Å²) in [5.74, 6) is -2.46. The van der Waals surface area contributed by atoms with E-state index < -0.39 is 24.0 Å². The van der Waals surface area contributed by atoms with Crippen molar-refractivity contribution in [2.75, 3.05) is 0 Å². The Labute approximate surface area is 72.1 Å². The molecule has 6 heteroatoms. The summed E-state index contributed by atoms with van der Waals surface area (Å²) in [5.41, 5.74) is -1.67. The number of rotatable bonds is 1. The van der Waals surface area contributed by atoms with Crippen LogP contribution in [0.25, 0.3) is 0 Å². The zero-order valence-electron chi connectivity index (χ0n) is 6.69. The third-order valence-corrected chi connectivity index (χ3v) is 1.68. The summed E-state index contributed by atoms with van der Waals surface area (Å²) in [6, 6.07) is 1.93. The van der Waals surface area contributed by atoms with Crippen LogP contribution in [0.1, 0.15) is 5.56 Å². The van der Waals surface area contributed by atoms with E-state index in [0.717, 1.165) is 12.1 Å². The maximum atomic E-state index is 12.9. The number of aryl methyl sites for hydroxylation is 1. The van der Waals surface area contributed by atoms with Crippen LogP contribution in [-0.4, -0.2) is 12.1 Å². The SMILES string of the molecule is Cc1ccc(O)c([B-](F)(F)F)c1F. The van der Waals surface area contributed by atoms with Gasteiger partial charge in [0.15, 0.2) is 0 Å². The molecule has 0 amide bonds. The standard InChI is InChI=1S/C7H6BF4O/c1-4-2-3-5(13)6(7(4)9)8(10,11)12/h2-3,13H,1H3/q-1. The summed E-state index contributed by atoms with van der Waals surface area (Å²) in [6.07, 6.45) is 0. The monoisotopic (exact) mass is 193 g/mol. The molecule has 1 aromatic carbocycles. The Kier molecular flexibility index (Phi) is 2.23. The molecule has 0 saturated carbocycles. The van der Waals surface area contributed by atoms with Crippen LogP contribution in [0.15, 0.2) is 12.1 Å². The lowest BCUT2D eigenvalue weighted by molar-refractivity contribution is 0.455. The van der Waals surface area contributed by atoms with Crippen LogP contribution in [0.5, 0.6) is 5.75 Å². The molecule has 0 aliphatic carbocycles. The van der Waals surface area contributed by atoms with Gasteiger partial charge in [-0.3, -0.25) is 0 Å². The van der Waals surface area contributed by atoms with Crippen LogP contribution in [0.2, 0.25) is 0 Å². The van der Waals surface area contributed by atoms with Crippen LogP contribution >= 0.6 is 0 Å². The molecular weight excluding hydrogens is 187 g/mol. The second-order valence-electron chi connectivity index (χ2n) is 2.70. The van der Waals surface area contributed by atoms with Crippen molar-refractivity contribution in [3.8, 4) is 5.75 Å². The summed E-state index contributed by atoms with van der Waals surface area (Å²) < 4.78 is 49.4. The largest absolute Gasteiger partial charge is 0.516 e. The van der Waals surface area contributed by atoms with Crippen molar-refractivity contribution in [3.05, 3.63) is 23.5 Å². The first kappa shape index (κ1) is 9.89. The lowest BCUT2D eigenvalue weighted by atomic mass is 9.78. The highest BCUT2D eigenvalue weighted by atomic mass is 19.4. The van der Waals surface area contributed by atoms with Crippen molar-refractivity contribution in [1.82, 2.24) is 0 Å². The van der Waals surface area contributed by atoms with Gasteiger partial charge in [-0.2, -0.15) is 0 Å². The highest BCUT2D eigenvalue weighted by Crippen LogP contribution is 2.20. The number of phenolic OH excluding ortho intramolecular Hbond substituents is 1. The van der Waals surface area contributed by atoms with Gasteiger partial charge >= 0.3 is 6.98 Å². The van der Waals surface area contributed by atoms with E-state index >= 15 is 0 Å². The van der Waals surface area contributed by atoms with Crippen molar-refractivity contribution >= 4 is 12.4 Å². The second kappa shape index (κ2) is 2.94. The number of hydrogen-bond acceptors (Lipinski definition) is 1. The van der Waals surface area contributed by atoms with Gasteiger partial charge in [-0.15, -0.1) is 0 Å². The average molecular weight is 193 g/mol. The van der Waals surface area contributed by atoms with Gasteiger partial charge in [-0.25, -0.2) is 4.39 Å². The van der Waals surface area contributed by atoms with Gasteiger partial charge in [0.2, 0.25) is 0 Å². The highest BCUT2D eigenvalue weighted by Gasteiger charge is 2.32. The number of benzene rings is 1. The van der Waals surface area contributed by atoms with E-state index in [4.69, 9.17) is 5.11 Å². The Morgan fingerprint density at radius 3 is 2.15 bits per heavy atom. The average Bonchev–Trinajstić information content (AvgIpc) is 1.95. The van der Waals surface area contributed by atoms with Crippen molar-refractivity contribution in [2.24, 2.45) is 0 Å². The minimum absolute atomic E-state index is 0.132. The van der Waals surface area contributed by atoms with Gasteiger partial charge in [0.05, 0.1) is 5.75 Å². The molecule has 0 aliphatic rings. The van der Waals surface area contributed by atoms with Crippen LogP contribution < -0.4 is 5.46 Å². The van der Waals surface area contributed by atoms with Crippen molar-refractivity contribution in [3.63, 3.8) is 0 Å². The van der Waals surface area contributed by atoms with Gasteiger partial charge in [0, 0.05) is 0 Å². The lowest BCUT2D eigenvalue weighted by Gasteiger charge is -2.18. The molecule has 0 unspecified atom stereocenters. The minimum Gasteiger partial charge on any atom is -0.511 e. The zero-order chi connectivity index (χ0) is 10.2. The van der Waals surface area contributed by atoms with E-state index in [-0.39, 0.29) is 5.56 Å². The Morgan fingerprint density at radius 1 is 1.23 bits per heavy atom. The van der Waals surface area contributed by atoms with E-state index in [1.807, 2.05) is 0 Å². The molecule has 0 fully saturated rings. The Bertz CT molecular complexity index is 334. The molecule has 13 heavy (non-hydrogen) atoms. The first-order chi connectivity index (χ1) is 5.84. The van der Waals surface area contributed by atoms with Gasteiger partial charge in [-0.05, 0) is 24.0 Å². The molecule has 0 saturated heterocycles. The first-order valence-corrected chi connectivity index (χ1v) is 3.52. The van der Waals surface area contributed by atoms with Crippen molar-refractivity contribution < 1.29 is 22.4 Å². The maximum absolute atomic E-state index is 12.9. The van der Waals surface area contributed by atoms with Crippen LogP contribution in [0, 0.1) is 12.7 Å². The second-order valence-corrected chi connectivity index (χ2v) is 2.70. The summed E-state index contributed by atoms with van der Waals surface area (Å²) >= 11 is 0. The fourth-order valence-electron chi connectivity index (χ4n) is 1.00. The summed E-state index contributed by atoms with van der Waals surface area (Å²) in [5, 5.41) is 8.81. The predicted molar refractivity (Wildman–Crippen MR) is 41.5 cm³/mol. The molecule has 0 aliphatic heterocycles. The first-order valence-electron chi connectivity index (χ1n) is 3.52. The molecule has 0 heterocycles. The van der Waals surface area contributed by atoms with Crippen LogP contribution in [0.3, 0.4) is 0 Å². The molecular formula is C7H6BF4O-. The van der Waals surface area contributed by atoms with Crippen molar-refractivity contribution in [1.29, 1.82) is 0 Å². The predicted octanol–water partition coefficient (Wildman–Crippen LogP) is 1.89. The topological polar surface area (TPSA) is 20.2 Å². The summed E-state index contributed by atoms with van der Waals surface area (Å²) in [4.78, 5) is 0. The fraction of sp³-hybridized carbons (Fsp3) is 0.143. The fourth-order valence-corrected chi connectivity index (χ4v) is 1.00. The van der Waals surface area contributed by atoms with E-state index in [2.05, 4.69) is 0 Å². The van der Waals surface area contributed by atoms with Gasteiger partial charge in [0.25, 0.3) is 0 Å². The van der Waals surface area contributed by atoms with Gasteiger partial charge in [-0.1, -0.05) is 6.07 Å². The number of halogens is 4. The van der Waals surface area contributed by atoms with Gasteiger partial charge in [0.1, 0.15) is 5.82 Å². The Balaban J connectivity index is 3.43. The van der Waals surface area contributed by atoms with E-state index in [9.17, 15) is 17.3 Å². The molecule has 1 aromatic rings. The number of phenols is 1. The zero-order valence-corrected chi connectivity index (χ0v) is 6.69. The normalized spacial score (nSPS) is 11.8. The van der Waals surface area contributed by atoms with Crippen LogP contribution in [0.4, 0.5) is 17.3 Å². The molecule has 0 bridgehead atoms. The Morgan fingerprint density at radius 2 is 1.77 bits per heavy atom. The summed E-state index contributed by atoms with van der Waals surface area (Å²) in [6.45, 7) is -4.29. The molecule has 72 valence electrons. The van der Waals surface area contributed by atoms with E-state index in [1.54, 1.807) is 0 Å². The Hall–Kier alpha value is -1.20. The molecule has 0 atom stereocenters.